The van der Waals surface area contributed by atoms with Gasteiger partial charge in [0.1, 0.15) is 18.3 Å². The van der Waals surface area contributed by atoms with Crippen LogP contribution in [0.15, 0.2) is 0 Å². The molecule has 0 atom stereocenters. The van der Waals surface area contributed by atoms with E-state index < -0.39 is 0 Å². The smallest absolute Gasteiger partial charge is 0.410 e. The number of carbonyl (C=O) groups is 4. The molecule has 0 bridgehead atoms. The number of carbonyl (C=O) groups excluding carboxylic acids is 4. The summed E-state index contributed by atoms with van der Waals surface area (Å²) in [5.74, 6) is -0.326. The molecular weight excluding hydrogens is 853 g/mol. The van der Waals surface area contributed by atoms with Gasteiger partial charge < -0.3 is 28.7 Å². The fraction of sp³-hybridized carbons (Fsp3) is 0.931. The van der Waals surface area contributed by atoms with Gasteiger partial charge in [-0.25, -0.2) is 4.79 Å². The first-order chi connectivity index (χ1) is 33.1. The van der Waals surface area contributed by atoms with Crippen LogP contribution in [0.1, 0.15) is 291 Å². The molecule has 1 amide bonds. The lowest BCUT2D eigenvalue weighted by Gasteiger charge is -2.26. The minimum absolute atomic E-state index is 0.0280. The van der Waals surface area contributed by atoms with Gasteiger partial charge >= 0.3 is 24.0 Å². The van der Waals surface area contributed by atoms with Crippen molar-refractivity contribution in [3.05, 3.63) is 0 Å². The van der Waals surface area contributed by atoms with Gasteiger partial charge in [-0.3, -0.25) is 14.4 Å². The Bertz CT molecular complexity index is 1070. The van der Waals surface area contributed by atoms with E-state index in [2.05, 4.69) is 39.5 Å². The minimum Gasteiger partial charge on any atom is -0.466 e. The fourth-order valence-corrected chi connectivity index (χ4v) is 8.89. The summed E-state index contributed by atoms with van der Waals surface area (Å²) in [7, 11) is 4.05. The van der Waals surface area contributed by atoms with Gasteiger partial charge in [-0.2, -0.15) is 0 Å². The molecule has 0 aromatic rings. The Balaban J connectivity index is 5.11. The van der Waals surface area contributed by atoms with Crippen LogP contribution >= 0.6 is 0 Å². The van der Waals surface area contributed by atoms with Gasteiger partial charge in [0.2, 0.25) is 0 Å². The third kappa shape index (κ3) is 43.6. The second-order valence-electron chi connectivity index (χ2n) is 20.4. The molecule has 0 spiro atoms. The molecule has 10 nitrogen and oxygen atoms in total. The van der Waals surface area contributed by atoms with Crippen LogP contribution < -0.4 is 0 Å². The Morgan fingerprint density at radius 2 is 0.676 bits per heavy atom. The zero-order valence-electron chi connectivity index (χ0n) is 46.0. The van der Waals surface area contributed by atoms with Crippen molar-refractivity contribution in [2.75, 3.05) is 40.3 Å². The topological polar surface area (TPSA) is 112 Å². The lowest BCUT2D eigenvalue weighted by atomic mass is 10.0. The molecule has 0 saturated carbocycles. The van der Waals surface area contributed by atoms with Crippen molar-refractivity contribution in [2.45, 2.75) is 310 Å². The molecule has 402 valence electrons. The highest BCUT2D eigenvalue weighted by Crippen LogP contribution is 2.21. The molecule has 0 radical (unpaired) electrons. The van der Waals surface area contributed by atoms with E-state index in [4.69, 9.17) is 18.9 Å². The van der Waals surface area contributed by atoms with E-state index in [0.717, 1.165) is 167 Å². The average Bonchev–Trinajstić information content (AvgIpc) is 3.31. The molecule has 0 aromatic heterocycles. The number of ether oxygens (including phenoxy) is 4. The van der Waals surface area contributed by atoms with Crippen LogP contribution in [0.3, 0.4) is 0 Å². The van der Waals surface area contributed by atoms with Gasteiger partial charge in [0.25, 0.3) is 0 Å². The quantitative estimate of drug-likeness (QED) is 0.0334. The summed E-state index contributed by atoms with van der Waals surface area (Å²) in [6.07, 6.45) is 40.6. The van der Waals surface area contributed by atoms with Crippen molar-refractivity contribution >= 4 is 24.0 Å². The largest absolute Gasteiger partial charge is 0.466 e. The molecule has 0 aromatic carbocycles. The highest BCUT2D eigenvalue weighted by molar-refractivity contribution is 5.72. The van der Waals surface area contributed by atoms with Crippen LogP contribution in [0.2, 0.25) is 0 Å². The Morgan fingerprint density at radius 3 is 1.04 bits per heavy atom. The number of hydrogen-bond acceptors (Lipinski definition) is 9. The highest BCUT2D eigenvalue weighted by atomic mass is 16.6. The Hall–Kier alpha value is -2.36. The normalized spacial score (nSPS) is 11.6. The summed E-state index contributed by atoms with van der Waals surface area (Å²) in [6.45, 7) is 13.1. The fourth-order valence-electron chi connectivity index (χ4n) is 8.89. The minimum atomic E-state index is -0.331. The van der Waals surface area contributed by atoms with E-state index in [1.54, 1.807) is 4.90 Å². The van der Waals surface area contributed by atoms with Crippen molar-refractivity contribution in [3.63, 3.8) is 0 Å². The Kier molecular flexibility index (Phi) is 47.9. The maximum atomic E-state index is 13.7. The third-order valence-corrected chi connectivity index (χ3v) is 13.3. The second-order valence-corrected chi connectivity index (χ2v) is 20.4. The maximum absolute atomic E-state index is 13.7. The summed E-state index contributed by atoms with van der Waals surface area (Å²) in [5.41, 5.74) is 0. The Labute approximate surface area is 420 Å². The number of amides is 1. The summed E-state index contributed by atoms with van der Waals surface area (Å²) in [6, 6.07) is 0. The summed E-state index contributed by atoms with van der Waals surface area (Å²) in [5, 5.41) is 0. The zero-order chi connectivity index (χ0) is 50.1. The summed E-state index contributed by atoms with van der Waals surface area (Å²) in [4.78, 5) is 55.6. The van der Waals surface area contributed by atoms with E-state index in [-0.39, 0.29) is 48.7 Å². The van der Waals surface area contributed by atoms with Crippen LogP contribution in [0, 0.1) is 0 Å². The van der Waals surface area contributed by atoms with Gasteiger partial charge in [0, 0.05) is 25.9 Å². The van der Waals surface area contributed by atoms with Crippen molar-refractivity contribution in [3.8, 4) is 0 Å². The first-order valence-corrected chi connectivity index (χ1v) is 29.2. The standard InChI is InChI=1S/C58H112N2O8/c1-8-13-18-30-39-52(40-31-19-14-9-2)66-56(62)45-36-28-24-22-26-34-43-54(68-58(64)60(49-38-48-59(6)7)50-47-55(61)65-51-17-12-5)44-35-27-23-25-29-37-46-57(63)67-53(41-32-20-15-10-3)42-33-21-16-11-4/h52-54H,8-51H2,1-7H3. The first-order valence-electron chi connectivity index (χ1n) is 29.2. The monoisotopic (exact) mass is 965 g/mol. The van der Waals surface area contributed by atoms with Crippen molar-refractivity contribution in [2.24, 2.45) is 0 Å². The van der Waals surface area contributed by atoms with E-state index >= 15 is 0 Å². The van der Waals surface area contributed by atoms with Crippen LogP contribution in [-0.2, 0) is 33.3 Å². The van der Waals surface area contributed by atoms with E-state index in [0.29, 0.717) is 32.5 Å². The summed E-state index contributed by atoms with van der Waals surface area (Å²) < 4.78 is 23.7. The maximum Gasteiger partial charge on any atom is 0.410 e. The first kappa shape index (κ1) is 65.6. The predicted molar refractivity (Wildman–Crippen MR) is 284 cm³/mol. The molecule has 10 heteroatoms. The lowest BCUT2D eigenvalue weighted by molar-refractivity contribution is -0.151. The molecule has 0 unspecified atom stereocenters. The van der Waals surface area contributed by atoms with Gasteiger partial charge in [0.15, 0.2) is 0 Å². The molecule has 0 aliphatic carbocycles. The van der Waals surface area contributed by atoms with Gasteiger partial charge in [-0.05, 0) is 123 Å². The average molecular weight is 966 g/mol. The van der Waals surface area contributed by atoms with Crippen molar-refractivity contribution in [1.82, 2.24) is 9.80 Å². The van der Waals surface area contributed by atoms with Crippen LogP contribution in [0.4, 0.5) is 4.79 Å². The van der Waals surface area contributed by atoms with Crippen molar-refractivity contribution in [1.29, 1.82) is 0 Å². The number of esters is 3. The Morgan fingerprint density at radius 1 is 0.338 bits per heavy atom. The number of hydrogen-bond donors (Lipinski definition) is 0. The van der Waals surface area contributed by atoms with Gasteiger partial charge in [-0.15, -0.1) is 0 Å². The molecule has 0 fully saturated rings. The molecule has 0 N–H and O–H groups in total. The number of nitrogens with zero attached hydrogens (tertiary/aromatic N) is 2. The molecule has 0 aliphatic rings. The van der Waals surface area contributed by atoms with Gasteiger partial charge in [-0.1, -0.05) is 169 Å². The molecular formula is C58H112N2O8. The van der Waals surface area contributed by atoms with E-state index in [1.165, 1.54) is 77.0 Å². The van der Waals surface area contributed by atoms with Crippen LogP contribution in [0.25, 0.3) is 0 Å². The second kappa shape index (κ2) is 49.6. The van der Waals surface area contributed by atoms with Crippen LogP contribution in [0.5, 0.6) is 0 Å². The SMILES string of the molecule is CCCCCCC(CCCCCC)OC(=O)CCCCCCCCC(CCCCCCCCC(=O)OC(CCCCCC)CCCCCC)OC(=O)N(CCCN(C)C)CCC(=O)OCCCC. The molecule has 0 heterocycles. The van der Waals surface area contributed by atoms with Crippen LogP contribution in [-0.4, -0.2) is 92.4 Å². The molecule has 0 aliphatic heterocycles. The third-order valence-electron chi connectivity index (χ3n) is 13.3. The lowest BCUT2D eigenvalue weighted by Crippen LogP contribution is -2.37. The highest BCUT2D eigenvalue weighted by Gasteiger charge is 2.22. The predicted octanol–water partition coefficient (Wildman–Crippen LogP) is 16.4. The van der Waals surface area contributed by atoms with Crippen molar-refractivity contribution < 1.29 is 38.1 Å². The zero-order valence-corrected chi connectivity index (χ0v) is 46.0. The van der Waals surface area contributed by atoms with E-state index in [1.807, 2.05) is 14.1 Å². The number of rotatable bonds is 51. The molecule has 68 heavy (non-hydrogen) atoms. The molecule has 0 rings (SSSR count). The molecule has 0 saturated heterocycles. The van der Waals surface area contributed by atoms with Gasteiger partial charge in [0.05, 0.1) is 13.0 Å². The number of unbranched alkanes of at least 4 members (excludes halogenated alkanes) is 23. The summed E-state index contributed by atoms with van der Waals surface area (Å²) >= 11 is 0. The van der Waals surface area contributed by atoms with E-state index in [9.17, 15) is 19.2 Å².